The number of anilines is 1. The van der Waals surface area contributed by atoms with E-state index in [2.05, 4.69) is 13.2 Å². The lowest BCUT2D eigenvalue weighted by molar-refractivity contribution is -0.156. The van der Waals surface area contributed by atoms with E-state index in [0.717, 1.165) is 0 Å². The van der Waals surface area contributed by atoms with Gasteiger partial charge < -0.3 is 24.5 Å². The maximum absolute atomic E-state index is 14.5. The Hall–Kier alpha value is -2.97. The molecular formula is C31H43N3O5. The summed E-state index contributed by atoms with van der Waals surface area (Å²) in [5.41, 5.74) is -1.34. The fraction of sp³-hybridized carbons (Fsp3) is 0.581. The summed E-state index contributed by atoms with van der Waals surface area (Å²) in [6, 6.07) is 7.67. The number of benzene rings is 1. The van der Waals surface area contributed by atoms with Gasteiger partial charge in [-0.2, -0.15) is 0 Å². The zero-order chi connectivity index (χ0) is 28.7. The molecule has 0 radical (unpaired) electrons. The number of carbonyl (C=O) groups is 3. The van der Waals surface area contributed by atoms with Crippen LogP contribution in [0.2, 0.25) is 0 Å². The van der Waals surface area contributed by atoms with Crippen LogP contribution in [0.3, 0.4) is 0 Å². The average Bonchev–Trinajstić information content (AvgIpc) is 3.46. The van der Waals surface area contributed by atoms with Crippen LogP contribution >= 0.6 is 0 Å². The van der Waals surface area contributed by atoms with Gasteiger partial charge in [0.25, 0.3) is 0 Å². The van der Waals surface area contributed by atoms with E-state index < -0.39 is 35.1 Å². The molecule has 3 fully saturated rings. The highest BCUT2D eigenvalue weighted by molar-refractivity contribution is 6.03. The van der Waals surface area contributed by atoms with E-state index in [1.165, 1.54) is 0 Å². The van der Waals surface area contributed by atoms with E-state index in [4.69, 9.17) is 4.74 Å². The number of hydrogen-bond acceptors (Lipinski definition) is 5. The molecule has 8 nitrogen and oxygen atoms in total. The largest absolute Gasteiger partial charge is 0.394 e. The standard InChI is InChI=1S/C31H43N3O5/c1-8-17-32(21(5)6)29(38)26-31-16-15-30(7,39-31)24(25(31)28(37)34(26)23(19-35)20(3)4)27(36)33(18-9-2)22-13-11-10-12-14-22/h8-14,20-21,23-26,35H,1-2,15-19H2,3-7H3/t23-,24+,25-,26?,30-,31?/m0/s1. The van der Waals surface area contributed by atoms with E-state index in [1.807, 2.05) is 65.0 Å². The number of carbonyl (C=O) groups excluding carboxylic acids is 3. The van der Waals surface area contributed by atoms with Gasteiger partial charge in [0.2, 0.25) is 17.7 Å². The SMILES string of the molecule is C=CCN(C(=O)[C@H]1[C@H]2C(=O)N([C@@H](CO)C(C)C)C(C(=O)N(CC=C)C(C)C)C23CC[C@]1(C)O3)c1ccccc1. The molecule has 3 aliphatic rings. The third-order valence-corrected chi connectivity index (χ3v) is 8.91. The Morgan fingerprint density at radius 2 is 1.74 bits per heavy atom. The van der Waals surface area contributed by atoms with Crippen molar-refractivity contribution >= 4 is 23.4 Å². The Kier molecular flexibility index (Phi) is 8.11. The molecule has 8 heteroatoms. The van der Waals surface area contributed by atoms with Crippen molar-refractivity contribution in [2.45, 2.75) is 76.8 Å². The lowest BCUT2D eigenvalue weighted by Gasteiger charge is -2.41. The van der Waals surface area contributed by atoms with Gasteiger partial charge in [-0.05, 0) is 51.7 Å². The second-order valence-electron chi connectivity index (χ2n) is 11.9. The molecule has 3 amide bonds. The zero-order valence-electron chi connectivity index (χ0n) is 23.9. The van der Waals surface area contributed by atoms with Gasteiger partial charge in [0.15, 0.2) is 0 Å². The van der Waals surface area contributed by atoms with Crippen LogP contribution in [0.15, 0.2) is 55.6 Å². The van der Waals surface area contributed by atoms with Gasteiger partial charge in [0.1, 0.15) is 11.6 Å². The molecule has 4 rings (SSSR count). The number of nitrogens with zero attached hydrogens (tertiary/aromatic N) is 3. The minimum Gasteiger partial charge on any atom is -0.394 e. The smallest absolute Gasteiger partial charge is 0.248 e. The highest BCUT2D eigenvalue weighted by Gasteiger charge is 2.79. The van der Waals surface area contributed by atoms with Gasteiger partial charge in [-0.25, -0.2) is 0 Å². The molecule has 0 aliphatic carbocycles. The van der Waals surface area contributed by atoms with Gasteiger partial charge in [0, 0.05) is 24.8 Å². The minimum atomic E-state index is -1.16. The molecule has 1 aromatic carbocycles. The highest BCUT2D eigenvalue weighted by Crippen LogP contribution is 2.64. The summed E-state index contributed by atoms with van der Waals surface area (Å²) >= 11 is 0. The molecule has 39 heavy (non-hydrogen) atoms. The van der Waals surface area contributed by atoms with E-state index >= 15 is 0 Å². The van der Waals surface area contributed by atoms with Crippen molar-refractivity contribution < 1.29 is 24.2 Å². The maximum atomic E-state index is 14.5. The van der Waals surface area contributed by atoms with Crippen molar-refractivity contribution in [1.82, 2.24) is 9.80 Å². The first-order valence-electron chi connectivity index (χ1n) is 14.0. The first kappa shape index (κ1) is 29.0. The van der Waals surface area contributed by atoms with Crippen molar-refractivity contribution in [2.24, 2.45) is 17.8 Å². The Morgan fingerprint density at radius 3 is 2.28 bits per heavy atom. The second-order valence-corrected chi connectivity index (χ2v) is 11.9. The first-order valence-corrected chi connectivity index (χ1v) is 14.0. The number of likely N-dealkylation sites (tertiary alicyclic amines) is 1. The molecule has 6 atom stereocenters. The van der Waals surface area contributed by atoms with E-state index in [1.54, 1.807) is 26.9 Å². The fourth-order valence-electron chi connectivity index (χ4n) is 7.08. The van der Waals surface area contributed by atoms with Crippen LogP contribution in [-0.2, 0) is 19.1 Å². The van der Waals surface area contributed by atoms with E-state index in [0.29, 0.717) is 25.1 Å². The van der Waals surface area contributed by atoms with Crippen LogP contribution in [0.5, 0.6) is 0 Å². The number of rotatable bonds is 11. The molecule has 2 unspecified atom stereocenters. The first-order chi connectivity index (χ1) is 18.5. The van der Waals surface area contributed by atoms with Crippen LogP contribution in [0.1, 0.15) is 47.5 Å². The third-order valence-electron chi connectivity index (χ3n) is 8.91. The summed E-state index contributed by atoms with van der Waals surface area (Å²) in [6.07, 6.45) is 4.38. The highest BCUT2D eigenvalue weighted by atomic mass is 16.5. The molecule has 212 valence electrons. The Labute approximate surface area is 232 Å². The Balaban J connectivity index is 1.85. The molecule has 3 heterocycles. The van der Waals surface area contributed by atoms with Crippen LogP contribution in [-0.4, -0.2) is 81.7 Å². The van der Waals surface area contributed by atoms with Crippen molar-refractivity contribution in [1.29, 1.82) is 0 Å². The van der Waals surface area contributed by atoms with Gasteiger partial charge >= 0.3 is 0 Å². The summed E-state index contributed by atoms with van der Waals surface area (Å²) in [4.78, 5) is 48.1. The fourth-order valence-corrected chi connectivity index (χ4v) is 7.08. The van der Waals surface area contributed by atoms with Crippen LogP contribution in [0, 0.1) is 17.8 Å². The van der Waals surface area contributed by atoms with Crippen LogP contribution in [0.25, 0.3) is 0 Å². The number of hydrogen-bond donors (Lipinski definition) is 1. The number of para-hydroxylation sites is 1. The van der Waals surface area contributed by atoms with Crippen molar-refractivity contribution in [3.63, 3.8) is 0 Å². The molecule has 0 aromatic heterocycles. The lowest BCUT2D eigenvalue weighted by Crippen LogP contribution is -2.60. The number of aliphatic hydroxyl groups is 1. The Morgan fingerprint density at radius 1 is 1.10 bits per heavy atom. The monoisotopic (exact) mass is 537 g/mol. The lowest BCUT2D eigenvalue weighted by atomic mass is 9.66. The minimum absolute atomic E-state index is 0.111. The topological polar surface area (TPSA) is 90.4 Å². The normalized spacial score (nSPS) is 30.0. The van der Waals surface area contributed by atoms with Crippen LogP contribution in [0.4, 0.5) is 5.69 Å². The molecule has 1 aromatic rings. The van der Waals surface area contributed by atoms with Crippen molar-refractivity contribution in [3.05, 3.63) is 55.6 Å². The average molecular weight is 538 g/mol. The number of fused-ring (bicyclic) bond motifs is 1. The van der Waals surface area contributed by atoms with E-state index in [9.17, 15) is 19.5 Å². The molecule has 1 spiro atoms. The van der Waals surface area contributed by atoms with E-state index in [-0.39, 0.29) is 42.8 Å². The number of ether oxygens (including phenoxy) is 1. The molecule has 3 aliphatic heterocycles. The summed E-state index contributed by atoms with van der Waals surface area (Å²) in [5.74, 6) is -2.47. The molecule has 0 saturated carbocycles. The molecule has 1 N–H and O–H groups in total. The Bertz CT molecular complexity index is 1120. The molecule has 3 saturated heterocycles. The zero-order valence-corrected chi connectivity index (χ0v) is 23.9. The number of aliphatic hydroxyl groups excluding tert-OH is 1. The van der Waals surface area contributed by atoms with Gasteiger partial charge in [0.05, 0.1) is 30.1 Å². The predicted molar refractivity (Wildman–Crippen MR) is 151 cm³/mol. The summed E-state index contributed by atoms with van der Waals surface area (Å²) in [6.45, 7) is 17.6. The quantitative estimate of drug-likeness (QED) is 0.437. The summed E-state index contributed by atoms with van der Waals surface area (Å²) in [5, 5.41) is 10.4. The van der Waals surface area contributed by atoms with Crippen molar-refractivity contribution in [2.75, 3.05) is 24.6 Å². The molecular weight excluding hydrogens is 494 g/mol. The summed E-state index contributed by atoms with van der Waals surface area (Å²) < 4.78 is 6.80. The predicted octanol–water partition coefficient (Wildman–Crippen LogP) is 3.41. The van der Waals surface area contributed by atoms with Gasteiger partial charge in [-0.15, -0.1) is 13.2 Å². The number of amides is 3. The maximum Gasteiger partial charge on any atom is 0.248 e. The van der Waals surface area contributed by atoms with Gasteiger partial charge in [-0.1, -0.05) is 44.2 Å². The molecule has 2 bridgehead atoms. The van der Waals surface area contributed by atoms with Gasteiger partial charge in [-0.3, -0.25) is 14.4 Å². The van der Waals surface area contributed by atoms with Crippen LogP contribution < -0.4 is 4.90 Å². The third kappa shape index (κ3) is 4.51. The second kappa shape index (κ2) is 10.9. The summed E-state index contributed by atoms with van der Waals surface area (Å²) in [7, 11) is 0. The van der Waals surface area contributed by atoms with Crippen molar-refractivity contribution in [3.8, 4) is 0 Å².